The molecule has 0 spiro atoms. The Kier molecular flexibility index (Phi) is 4.90. The molecular weight excluding hydrogens is 328 g/mol. The lowest BCUT2D eigenvalue weighted by Gasteiger charge is -2.31. The number of carbonyl (C=O) groups is 2. The Labute approximate surface area is 145 Å². The predicted molar refractivity (Wildman–Crippen MR) is 92.2 cm³/mol. The van der Waals surface area contributed by atoms with Crippen molar-refractivity contribution in [3.8, 4) is 0 Å². The molecule has 1 saturated heterocycles. The standard InChI is InChI=1S/C18H19ClN2O3/c1-12-2-3-15(19)10-16(12)20-17(22)13-4-7-21(8-5-13)18(23)14-6-9-24-11-14/h2-3,6,9-11,13H,4-5,7-8H2,1H3,(H,20,22). The number of furan rings is 1. The van der Waals surface area contributed by atoms with E-state index in [1.165, 1.54) is 12.5 Å². The zero-order valence-corrected chi connectivity index (χ0v) is 14.2. The first kappa shape index (κ1) is 16.6. The number of amides is 2. The number of aryl methyl sites for hydroxylation is 1. The SMILES string of the molecule is Cc1ccc(Cl)cc1NC(=O)C1CCN(C(=O)c2ccoc2)CC1. The Morgan fingerprint density at radius 1 is 1.25 bits per heavy atom. The van der Waals surface area contributed by atoms with E-state index in [1.54, 1.807) is 23.1 Å². The van der Waals surface area contributed by atoms with Crippen molar-refractivity contribution in [3.05, 3.63) is 52.9 Å². The van der Waals surface area contributed by atoms with Crippen LogP contribution < -0.4 is 5.32 Å². The number of anilines is 1. The zero-order valence-electron chi connectivity index (χ0n) is 13.4. The second-order valence-corrected chi connectivity index (χ2v) is 6.46. The maximum absolute atomic E-state index is 12.5. The summed E-state index contributed by atoms with van der Waals surface area (Å²) in [5.74, 6) is -0.166. The number of piperidine rings is 1. The summed E-state index contributed by atoms with van der Waals surface area (Å²) in [6, 6.07) is 7.09. The van der Waals surface area contributed by atoms with Crippen molar-refractivity contribution in [1.29, 1.82) is 0 Å². The first-order chi connectivity index (χ1) is 11.5. The molecule has 0 bridgehead atoms. The summed E-state index contributed by atoms with van der Waals surface area (Å²) in [5, 5.41) is 3.54. The molecule has 1 aliphatic rings. The fourth-order valence-electron chi connectivity index (χ4n) is 2.88. The molecule has 3 rings (SSSR count). The summed E-state index contributed by atoms with van der Waals surface area (Å²) in [6.45, 7) is 3.06. The lowest BCUT2D eigenvalue weighted by Crippen LogP contribution is -2.41. The first-order valence-corrected chi connectivity index (χ1v) is 8.31. The molecule has 0 atom stereocenters. The highest BCUT2D eigenvalue weighted by Gasteiger charge is 2.28. The Bertz CT molecular complexity index is 735. The van der Waals surface area contributed by atoms with Gasteiger partial charge in [0.05, 0.1) is 11.8 Å². The van der Waals surface area contributed by atoms with Crippen LogP contribution in [0, 0.1) is 12.8 Å². The molecule has 1 aromatic carbocycles. The van der Waals surface area contributed by atoms with Crippen molar-refractivity contribution in [2.24, 2.45) is 5.92 Å². The number of halogens is 1. The van der Waals surface area contributed by atoms with E-state index in [1.807, 2.05) is 13.0 Å². The molecule has 6 heteroatoms. The van der Waals surface area contributed by atoms with E-state index in [9.17, 15) is 9.59 Å². The van der Waals surface area contributed by atoms with Crippen molar-refractivity contribution in [1.82, 2.24) is 4.90 Å². The number of carbonyl (C=O) groups excluding carboxylic acids is 2. The van der Waals surface area contributed by atoms with Gasteiger partial charge in [0.25, 0.3) is 5.91 Å². The number of hydrogen-bond acceptors (Lipinski definition) is 3. The highest BCUT2D eigenvalue weighted by molar-refractivity contribution is 6.31. The quantitative estimate of drug-likeness (QED) is 0.921. The fraction of sp³-hybridized carbons (Fsp3) is 0.333. The highest BCUT2D eigenvalue weighted by Crippen LogP contribution is 2.24. The van der Waals surface area contributed by atoms with Gasteiger partial charge in [-0.3, -0.25) is 9.59 Å². The number of benzene rings is 1. The molecular formula is C18H19ClN2O3. The second kappa shape index (κ2) is 7.09. The van der Waals surface area contributed by atoms with Crippen molar-refractivity contribution in [2.45, 2.75) is 19.8 Å². The summed E-state index contributed by atoms with van der Waals surface area (Å²) in [4.78, 5) is 26.5. The van der Waals surface area contributed by atoms with Gasteiger partial charge in [0.1, 0.15) is 6.26 Å². The summed E-state index contributed by atoms with van der Waals surface area (Å²) < 4.78 is 4.95. The third-order valence-electron chi connectivity index (χ3n) is 4.38. The van der Waals surface area contributed by atoms with Gasteiger partial charge in [0.15, 0.2) is 0 Å². The zero-order chi connectivity index (χ0) is 17.1. The van der Waals surface area contributed by atoms with Crippen molar-refractivity contribution < 1.29 is 14.0 Å². The molecule has 0 unspecified atom stereocenters. The molecule has 2 heterocycles. The Hall–Kier alpha value is -2.27. The molecule has 2 aromatic rings. The van der Waals surface area contributed by atoms with Gasteiger partial charge >= 0.3 is 0 Å². The number of rotatable bonds is 3. The summed E-state index contributed by atoms with van der Waals surface area (Å²) in [7, 11) is 0. The Morgan fingerprint density at radius 3 is 2.67 bits per heavy atom. The lowest BCUT2D eigenvalue weighted by atomic mass is 9.95. The third-order valence-corrected chi connectivity index (χ3v) is 4.61. The van der Waals surface area contributed by atoms with Crippen LogP contribution in [-0.4, -0.2) is 29.8 Å². The van der Waals surface area contributed by atoms with Crippen LogP contribution in [0.25, 0.3) is 0 Å². The normalized spacial score (nSPS) is 15.3. The van der Waals surface area contributed by atoms with E-state index < -0.39 is 0 Å². The average Bonchev–Trinajstić information content (AvgIpc) is 3.12. The number of nitrogens with one attached hydrogen (secondary N) is 1. The van der Waals surface area contributed by atoms with Crippen LogP contribution in [0.2, 0.25) is 5.02 Å². The van der Waals surface area contributed by atoms with Gasteiger partial charge in [-0.25, -0.2) is 0 Å². The molecule has 2 amide bonds. The van der Waals surface area contributed by atoms with E-state index in [-0.39, 0.29) is 17.7 Å². The maximum atomic E-state index is 12.5. The van der Waals surface area contributed by atoms with Crippen molar-refractivity contribution in [2.75, 3.05) is 18.4 Å². The van der Waals surface area contributed by atoms with Crippen molar-refractivity contribution in [3.63, 3.8) is 0 Å². The summed E-state index contributed by atoms with van der Waals surface area (Å²) >= 11 is 5.99. The molecule has 0 saturated carbocycles. The number of hydrogen-bond donors (Lipinski definition) is 1. The molecule has 1 aromatic heterocycles. The highest BCUT2D eigenvalue weighted by atomic mass is 35.5. The van der Waals surface area contributed by atoms with Gasteiger partial charge in [0.2, 0.25) is 5.91 Å². The minimum atomic E-state index is -0.100. The van der Waals surface area contributed by atoms with Crippen LogP contribution in [0.5, 0.6) is 0 Å². The van der Waals surface area contributed by atoms with E-state index in [0.717, 1.165) is 11.3 Å². The average molecular weight is 347 g/mol. The largest absolute Gasteiger partial charge is 0.472 e. The molecule has 126 valence electrons. The van der Waals surface area contributed by atoms with Gasteiger partial charge in [0, 0.05) is 29.7 Å². The molecule has 24 heavy (non-hydrogen) atoms. The molecule has 0 aliphatic carbocycles. The minimum Gasteiger partial charge on any atom is -0.472 e. The van der Waals surface area contributed by atoms with Gasteiger partial charge in [-0.2, -0.15) is 0 Å². The molecule has 1 N–H and O–H groups in total. The van der Waals surface area contributed by atoms with Crippen LogP contribution in [0.3, 0.4) is 0 Å². The number of nitrogens with zero attached hydrogens (tertiary/aromatic N) is 1. The first-order valence-electron chi connectivity index (χ1n) is 7.93. The van der Waals surface area contributed by atoms with Crippen LogP contribution in [0.1, 0.15) is 28.8 Å². The molecule has 5 nitrogen and oxygen atoms in total. The summed E-state index contributed by atoms with van der Waals surface area (Å²) in [6.07, 6.45) is 4.23. The maximum Gasteiger partial charge on any atom is 0.257 e. The Morgan fingerprint density at radius 2 is 2.00 bits per heavy atom. The van der Waals surface area contributed by atoms with Crippen molar-refractivity contribution >= 4 is 29.1 Å². The monoisotopic (exact) mass is 346 g/mol. The topological polar surface area (TPSA) is 62.6 Å². The van der Waals surface area contributed by atoms with Gasteiger partial charge in [-0.05, 0) is 43.5 Å². The van der Waals surface area contributed by atoms with Crippen LogP contribution in [0.15, 0.2) is 41.2 Å². The minimum absolute atomic E-state index is 0.0178. The van der Waals surface area contributed by atoms with Crippen LogP contribution in [-0.2, 0) is 4.79 Å². The van der Waals surface area contributed by atoms with Crippen LogP contribution >= 0.6 is 11.6 Å². The van der Waals surface area contributed by atoms with E-state index in [4.69, 9.17) is 16.0 Å². The molecule has 1 fully saturated rings. The number of likely N-dealkylation sites (tertiary alicyclic amines) is 1. The smallest absolute Gasteiger partial charge is 0.257 e. The fourth-order valence-corrected chi connectivity index (χ4v) is 3.05. The second-order valence-electron chi connectivity index (χ2n) is 6.03. The van der Waals surface area contributed by atoms with E-state index in [2.05, 4.69) is 5.32 Å². The molecule has 0 radical (unpaired) electrons. The van der Waals surface area contributed by atoms with E-state index >= 15 is 0 Å². The predicted octanol–water partition coefficient (Wildman–Crippen LogP) is 3.73. The summed E-state index contributed by atoms with van der Waals surface area (Å²) in [5.41, 5.74) is 2.26. The third kappa shape index (κ3) is 3.62. The van der Waals surface area contributed by atoms with E-state index in [0.29, 0.717) is 36.5 Å². The lowest BCUT2D eigenvalue weighted by molar-refractivity contribution is -0.121. The Balaban J connectivity index is 1.57. The molecule has 1 aliphatic heterocycles. The van der Waals surface area contributed by atoms with Gasteiger partial charge in [-0.1, -0.05) is 17.7 Å². The van der Waals surface area contributed by atoms with Crippen LogP contribution in [0.4, 0.5) is 5.69 Å². The van der Waals surface area contributed by atoms with Gasteiger partial charge < -0.3 is 14.6 Å². The van der Waals surface area contributed by atoms with Gasteiger partial charge in [-0.15, -0.1) is 0 Å².